The molecule has 3 N–H and O–H groups in total. The number of nitrogens with zero attached hydrogens (tertiary/aromatic N) is 1. The zero-order chi connectivity index (χ0) is 15.9. The van der Waals surface area contributed by atoms with E-state index in [1.165, 1.54) is 11.6 Å². The number of carbonyl (C=O) groups is 1. The van der Waals surface area contributed by atoms with Crippen LogP contribution in [0.25, 0.3) is 10.9 Å². The lowest BCUT2D eigenvalue weighted by molar-refractivity contribution is -0.149. The first-order valence-corrected chi connectivity index (χ1v) is 7.14. The van der Waals surface area contributed by atoms with Crippen molar-refractivity contribution in [2.75, 3.05) is 0 Å². The number of halogens is 3. The molecule has 0 fully saturated rings. The number of rotatable bonds is 3. The fraction of sp³-hybridized carbons (Fsp3) is 0.143. The standard InChI is InChI=1S/C14H10F3N3OS/c15-14(16,17)12(18)10-6-22-13(20-10)11(21)8-5-19-9-4-2-1-3-7(8)9/h1-6,12,19H,18H2/t12-/m1/s1. The van der Waals surface area contributed by atoms with Gasteiger partial charge < -0.3 is 10.7 Å². The van der Waals surface area contributed by atoms with Crippen LogP contribution in [0.5, 0.6) is 0 Å². The Morgan fingerprint density at radius 2 is 2.05 bits per heavy atom. The van der Waals surface area contributed by atoms with Crippen molar-refractivity contribution in [3.8, 4) is 0 Å². The summed E-state index contributed by atoms with van der Waals surface area (Å²) < 4.78 is 37.7. The molecule has 0 spiro atoms. The van der Waals surface area contributed by atoms with E-state index in [1.807, 2.05) is 6.07 Å². The molecule has 4 nitrogen and oxygen atoms in total. The zero-order valence-corrected chi connectivity index (χ0v) is 11.8. The highest BCUT2D eigenvalue weighted by Crippen LogP contribution is 2.31. The molecule has 0 aliphatic rings. The van der Waals surface area contributed by atoms with E-state index in [2.05, 4.69) is 9.97 Å². The van der Waals surface area contributed by atoms with E-state index in [0.29, 0.717) is 10.9 Å². The Morgan fingerprint density at radius 1 is 1.32 bits per heavy atom. The number of thiazole rings is 1. The maximum Gasteiger partial charge on any atom is 0.409 e. The van der Waals surface area contributed by atoms with Crippen LogP contribution in [-0.4, -0.2) is 21.9 Å². The van der Waals surface area contributed by atoms with Crippen LogP contribution < -0.4 is 5.73 Å². The number of carbonyl (C=O) groups excluding carboxylic acids is 1. The fourth-order valence-corrected chi connectivity index (χ4v) is 2.88. The summed E-state index contributed by atoms with van der Waals surface area (Å²) >= 11 is 0.854. The lowest BCUT2D eigenvalue weighted by Gasteiger charge is -2.12. The van der Waals surface area contributed by atoms with E-state index < -0.39 is 18.0 Å². The molecule has 0 aliphatic carbocycles. The van der Waals surface area contributed by atoms with Crippen LogP contribution in [0.1, 0.15) is 27.1 Å². The highest BCUT2D eigenvalue weighted by molar-refractivity contribution is 7.12. The molecule has 8 heteroatoms. The summed E-state index contributed by atoms with van der Waals surface area (Å²) in [5.74, 6) is -0.428. The van der Waals surface area contributed by atoms with Gasteiger partial charge in [0, 0.05) is 22.5 Å². The molecule has 0 saturated carbocycles. The molecule has 0 saturated heterocycles. The molecule has 0 aliphatic heterocycles. The Balaban J connectivity index is 1.95. The summed E-state index contributed by atoms with van der Waals surface area (Å²) in [7, 11) is 0. The van der Waals surface area contributed by atoms with Crippen molar-refractivity contribution in [1.29, 1.82) is 0 Å². The number of H-pyrrole nitrogens is 1. The van der Waals surface area contributed by atoms with Crippen molar-refractivity contribution in [3.63, 3.8) is 0 Å². The predicted molar refractivity (Wildman–Crippen MR) is 76.8 cm³/mol. The second kappa shape index (κ2) is 5.22. The van der Waals surface area contributed by atoms with Gasteiger partial charge in [0.05, 0.1) is 11.3 Å². The number of para-hydroxylation sites is 1. The normalized spacial score (nSPS) is 13.5. The van der Waals surface area contributed by atoms with Gasteiger partial charge in [0.25, 0.3) is 0 Å². The van der Waals surface area contributed by atoms with Gasteiger partial charge in [-0.3, -0.25) is 4.79 Å². The second-order valence-electron chi connectivity index (χ2n) is 4.67. The maximum absolute atomic E-state index is 12.6. The zero-order valence-electron chi connectivity index (χ0n) is 11.0. The molecule has 0 amide bonds. The monoisotopic (exact) mass is 325 g/mol. The van der Waals surface area contributed by atoms with Crippen LogP contribution in [0.2, 0.25) is 0 Å². The molecule has 1 atom stereocenters. The Hall–Kier alpha value is -2.19. The molecule has 3 aromatic rings. The SMILES string of the molecule is N[C@H](c1csc(C(=O)c2c[nH]c3ccccc23)n1)C(F)(F)F. The van der Waals surface area contributed by atoms with Crippen LogP contribution in [0.4, 0.5) is 13.2 Å². The number of fused-ring (bicyclic) bond motifs is 1. The number of benzene rings is 1. The molecule has 1 aromatic carbocycles. The smallest absolute Gasteiger partial charge is 0.360 e. The van der Waals surface area contributed by atoms with Crippen LogP contribution in [0.3, 0.4) is 0 Å². The summed E-state index contributed by atoms with van der Waals surface area (Å²) in [6.07, 6.45) is -3.06. The first kappa shape index (κ1) is 14.7. The number of ketones is 1. The van der Waals surface area contributed by atoms with Crippen molar-refractivity contribution in [3.05, 3.63) is 52.1 Å². The van der Waals surface area contributed by atoms with Gasteiger partial charge in [-0.05, 0) is 6.07 Å². The summed E-state index contributed by atoms with van der Waals surface area (Å²) in [5.41, 5.74) is 5.89. The van der Waals surface area contributed by atoms with E-state index in [4.69, 9.17) is 5.73 Å². The molecule has 0 radical (unpaired) electrons. The second-order valence-corrected chi connectivity index (χ2v) is 5.53. The van der Waals surface area contributed by atoms with Gasteiger partial charge >= 0.3 is 6.18 Å². The molecule has 22 heavy (non-hydrogen) atoms. The maximum atomic E-state index is 12.6. The van der Waals surface area contributed by atoms with Crippen molar-refractivity contribution in [2.45, 2.75) is 12.2 Å². The van der Waals surface area contributed by atoms with Crippen molar-refractivity contribution >= 4 is 28.0 Å². The Morgan fingerprint density at radius 3 is 2.77 bits per heavy atom. The van der Waals surface area contributed by atoms with E-state index in [9.17, 15) is 18.0 Å². The molecule has 2 aromatic heterocycles. The Labute approximate surface area is 126 Å². The number of aromatic nitrogens is 2. The summed E-state index contributed by atoms with van der Waals surface area (Å²) in [4.78, 5) is 19.1. The van der Waals surface area contributed by atoms with E-state index in [0.717, 1.165) is 16.9 Å². The van der Waals surface area contributed by atoms with E-state index in [1.54, 1.807) is 18.2 Å². The highest BCUT2D eigenvalue weighted by atomic mass is 32.1. The summed E-state index contributed by atoms with van der Waals surface area (Å²) in [6.45, 7) is 0. The Bertz CT molecular complexity index is 837. The molecule has 3 rings (SSSR count). The fourth-order valence-electron chi connectivity index (χ4n) is 2.08. The average molecular weight is 325 g/mol. The third kappa shape index (κ3) is 2.51. The van der Waals surface area contributed by atoms with Crippen molar-refractivity contribution in [1.82, 2.24) is 9.97 Å². The number of nitrogens with two attached hydrogens (primary N) is 1. The van der Waals surface area contributed by atoms with Gasteiger partial charge in [0.2, 0.25) is 5.78 Å². The van der Waals surface area contributed by atoms with Crippen molar-refractivity contribution < 1.29 is 18.0 Å². The first-order valence-electron chi connectivity index (χ1n) is 6.26. The first-order chi connectivity index (χ1) is 10.4. The number of alkyl halides is 3. The minimum absolute atomic E-state index is 0.0144. The van der Waals surface area contributed by atoms with Gasteiger partial charge in [-0.2, -0.15) is 13.2 Å². The largest absolute Gasteiger partial charge is 0.409 e. The van der Waals surface area contributed by atoms with Gasteiger partial charge in [-0.15, -0.1) is 11.3 Å². The lowest BCUT2D eigenvalue weighted by Crippen LogP contribution is -2.28. The lowest BCUT2D eigenvalue weighted by atomic mass is 10.1. The topological polar surface area (TPSA) is 71.8 Å². The third-order valence-corrected chi connectivity index (χ3v) is 4.08. The third-order valence-electron chi connectivity index (χ3n) is 3.22. The number of aromatic amines is 1. The van der Waals surface area contributed by atoms with Crippen LogP contribution in [0.15, 0.2) is 35.8 Å². The van der Waals surface area contributed by atoms with Gasteiger partial charge in [0.15, 0.2) is 5.01 Å². The van der Waals surface area contributed by atoms with Gasteiger partial charge in [-0.25, -0.2) is 4.98 Å². The number of hydrogen-bond donors (Lipinski definition) is 2. The molecular formula is C14H10F3N3OS. The summed E-state index contributed by atoms with van der Waals surface area (Å²) in [6, 6.07) is 4.97. The number of nitrogens with one attached hydrogen (secondary N) is 1. The van der Waals surface area contributed by atoms with Gasteiger partial charge in [0.1, 0.15) is 6.04 Å². The minimum atomic E-state index is -4.59. The summed E-state index contributed by atoms with van der Waals surface area (Å²) in [5, 5.41) is 1.85. The quantitative estimate of drug-likeness (QED) is 0.725. The van der Waals surface area contributed by atoms with Crippen LogP contribution in [-0.2, 0) is 0 Å². The van der Waals surface area contributed by atoms with E-state index >= 15 is 0 Å². The Kier molecular flexibility index (Phi) is 3.50. The predicted octanol–water partition coefficient (Wildman–Crippen LogP) is 3.42. The molecular weight excluding hydrogens is 315 g/mol. The number of hydrogen-bond acceptors (Lipinski definition) is 4. The van der Waals surface area contributed by atoms with Gasteiger partial charge in [-0.1, -0.05) is 18.2 Å². The molecule has 0 bridgehead atoms. The van der Waals surface area contributed by atoms with Crippen molar-refractivity contribution in [2.24, 2.45) is 5.73 Å². The molecule has 0 unspecified atom stereocenters. The van der Waals surface area contributed by atoms with Crippen LogP contribution >= 0.6 is 11.3 Å². The molecule has 114 valence electrons. The molecule has 2 heterocycles. The van der Waals surface area contributed by atoms with E-state index in [-0.39, 0.29) is 10.7 Å². The minimum Gasteiger partial charge on any atom is -0.360 e. The highest BCUT2D eigenvalue weighted by Gasteiger charge is 2.39. The average Bonchev–Trinajstić information content (AvgIpc) is 3.12. The van der Waals surface area contributed by atoms with Crippen LogP contribution in [0, 0.1) is 0 Å².